The highest BCUT2D eigenvalue weighted by Gasteiger charge is 2.21. The number of rotatable bonds is 5. The van der Waals surface area contributed by atoms with Gasteiger partial charge in [-0.15, -0.1) is 10.2 Å². The Balaban J connectivity index is 2.05. The zero-order valence-electron chi connectivity index (χ0n) is 16.9. The van der Waals surface area contributed by atoms with E-state index >= 15 is 0 Å². The van der Waals surface area contributed by atoms with Crippen molar-refractivity contribution in [3.63, 3.8) is 0 Å². The second kappa shape index (κ2) is 8.19. The lowest BCUT2D eigenvalue weighted by Gasteiger charge is -2.19. The summed E-state index contributed by atoms with van der Waals surface area (Å²) in [6.45, 7) is 8.46. The fourth-order valence-corrected chi connectivity index (χ4v) is 3.80. The Hall–Kier alpha value is -2.60. The van der Waals surface area contributed by atoms with E-state index in [9.17, 15) is 4.79 Å². The Kier molecular flexibility index (Phi) is 5.89. The van der Waals surface area contributed by atoms with E-state index in [1.165, 1.54) is 17.3 Å². The second-order valence-corrected chi connectivity index (χ2v) is 8.99. The van der Waals surface area contributed by atoms with Gasteiger partial charge in [-0.2, -0.15) is 0 Å². The van der Waals surface area contributed by atoms with E-state index in [1.54, 1.807) is 7.05 Å². The Morgan fingerprint density at radius 3 is 2.25 bits per heavy atom. The number of amides is 1. The predicted molar refractivity (Wildman–Crippen MR) is 115 cm³/mol. The lowest BCUT2D eigenvalue weighted by molar-refractivity contribution is -0.119. The van der Waals surface area contributed by atoms with Crippen LogP contribution >= 0.6 is 11.8 Å². The molecule has 1 unspecified atom stereocenters. The van der Waals surface area contributed by atoms with Crippen molar-refractivity contribution in [2.45, 2.75) is 43.5 Å². The molecule has 28 heavy (non-hydrogen) atoms. The van der Waals surface area contributed by atoms with Crippen molar-refractivity contribution in [3.8, 4) is 17.1 Å². The van der Waals surface area contributed by atoms with Crippen molar-refractivity contribution in [2.24, 2.45) is 0 Å². The standard InChI is InChI=1S/C22H26N4OS/c1-15(20(27)23-5)28-21-25-24-19(26(21)18-9-7-6-8-10-18)16-11-13-17(14-12-16)22(2,3)4/h6-15H,1-5H3,(H,23,27). The van der Waals surface area contributed by atoms with E-state index in [1.807, 2.05) is 41.8 Å². The number of nitrogens with one attached hydrogen (secondary N) is 1. The molecule has 0 saturated heterocycles. The molecule has 2 aromatic carbocycles. The van der Waals surface area contributed by atoms with Gasteiger partial charge in [0.05, 0.1) is 5.25 Å². The average molecular weight is 395 g/mol. The van der Waals surface area contributed by atoms with Crippen LogP contribution in [0.15, 0.2) is 59.8 Å². The maximum Gasteiger partial charge on any atom is 0.233 e. The molecule has 1 atom stereocenters. The molecule has 5 nitrogen and oxygen atoms in total. The quantitative estimate of drug-likeness (QED) is 0.649. The van der Waals surface area contributed by atoms with Crippen LogP contribution in [0.3, 0.4) is 0 Å². The number of hydrogen-bond donors (Lipinski definition) is 1. The third kappa shape index (κ3) is 4.28. The molecule has 0 aliphatic rings. The molecule has 1 aromatic heterocycles. The van der Waals surface area contributed by atoms with Gasteiger partial charge in [-0.3, -0.25) is 9.36 Å². The molecule has 146 valence electrons. The fraction of sp³-hybridized carbons (Fsp3) is 0.318. The summed E-state index contributed by atoms with van der Waals surface area (Å²) < 4.78 is 2.01. The number of hydrogen-bond acceptors (Lipinski definition) is 4. The number of nitrogens with zero attached hydrogens (tertiary/aromatic N) is 3. The third-order valence-electron chi connectivity index (χ3n) is 4.55. The van der Waals surface area contributed by atoms with E-state index in [0.29, 0.717) is 5.16 Å². The topological polar surface area (TPSA) is 59.8 Å². The van der Waals surface area contributed by atoms with Gasteiger partial charge in [0.1, 0.15) is 0 Å². The van der Waals surface area contributed by atoms with Gasteiger partial charge in [-0.1, -0.05) is 75.0 Å². The molecule has 0 spiro atoms. The first-order valence-corrected chi connectivity index (χ1v) is 10.2. The minimum atomic E-state index is -0.271. The van der Waals surface area contributed by atoms with Gasteiger partial charge >= 0.3 is 0 Å². The monoisotopic (exact) mass is 394 g/mol. The van der Waals surface area contributed by atoms with Crippen molar-refractivity contribution < 1.29 is 4.79 Å². The van der Waals surface area contributed by atoms with Crippen LogP contribution in [-0.2, 0) is 10.2 Å². The number of carbonyl (C=O) groups is 1. The smallest absolute Gasteiger partial charge is 0.233 e. The van der Waals surface area contributed by atoms with Crippen LogP contribution in [0.25, 0.3) is 17.1 Å². The van der Waals surface area contributed by atoms with Gasteiger partial charge in [0, 0.05) is 18.3 Å². The molecular formula is C22H26N4OS. The van der Waals surface area contributed by atoms with Crippen molar-refractivity contribution in [1.29, 1.82) is 0 Å². The van der Waals surface area contributed by atoms with Crippen LogP contribution in [0.1, 0.15) is 33.3 Å². The summed E-state index contributed by atoms with van der Waals surface area (Å²) in [4.78, 5) is 12.0. The van der Waals surface area contributed by atoms with E-state index in [2.05, 4.69) is 60.6 Å². The average Bonchev–Trinajstić information content (AvgIpc) is 3.10. The molecule has 0 bridgehead atoms. The summed E-state index contributed by atoms with van der Waals surface area (Å²) in [7, 11) is 1.64. The van der Waals surface area contributed by atoms with Crippen molar-refractivity contribution in [1.82, 2.24) is 20.1 Å². The van der Waals surface area contributed by atoms with Crippen LogP contribution in [0.2, 0.25) is 0 Å². The summed E-state index contributed by atoms with van der Waals surface area (Å²) in [6.07, 6.45) is 0. The lowest BCUT2D eigenvalue weighted by atomic mass is 9.87. The van der Waals surface area contributed by atoms with Crippen LogP contribution in [0.5, 0.6) is 0 Å². The van der Waals surface area contributed by atoms with E-state index < -0.39 is 0 Å². The Bertz CT molecular complexity index is 943. The van der Waals surface area contributed by atoms with Crippen LogP contribution < -0.4 is 5.32 Å². The summed E-state index contributed by atoms with van der Waals surface area (Å²) >= 11 is 1.40. The van der Waals surface area contributed by atoms with Gasteiger partial charge in [0.25, 0.3) is 0 Å². The first-order chi connectivity index (χ1) is 13.3. The minimum Gasteiger partial charge on any atom is -0.358 e. The molecule has 0 radical (unpaired) electrons. The maximum absolute atomic E-state index is 12.0. The molecule has 1 N–H and O–H groups in total. The largest absolute Gasteiger partial charge is 0.358 e. The van der Waals surface area contributed by atoms with Gasteiger partial charge < -0.3 is 5.32 Å². The molecule has 1 heterocycles. The molecule has 0 fully saturated rings. The number of thioether (sulfide) groups is 1. The van der Waals surface area contributed by atoms with E-state index in [4.69, 9.17) is 0 Å². The summed E-state index contributed by atoms with van der Waals surface area (Å²) in [5.74, 6) is 0.724. The molecule has 6 heteroatoms. The number of benzene rings is 2. The second-order valence-electron chi connectivity index (χ2n) is 7.68. The highest BCUT2D eigenvalue weighted by molar-refractivity contribution is 8.00. The molecular weight excluding hydrogens is 368 g/mol. The van der Waals surface area contributed by atoms with Crippen molar-refractivity contribution in [2.75, 3.05) is 7.05 Å². The number of para-hydroxylation sites is 1. The molecule has 1 amide bonds. The van der Waals surface area contributed by atoms with Gasteiger partial charge in [0.2, 0.25) is 5.91 Å². The van der Waals surface area contributed by atoms with Gasteiger partial charge in [0.15, 0.2) is 11.0 Å². The molecule has 0 aliphatic heterocycles. The number of carbonyl (C=O) groups excluding carboxylic acids is 1. The first-order valence-electron chi connectivity index (χ1n) is 9.31. The minimum absolute atomic E-state index is 0.0382. The third-order valence-corrected chi connectivity index (χ3v) is 5.60. The van der Waals surface area contributed by atoms with Crippen molar-refractivity contribution in [3.05, 3.63) is 60.2 Å². The van der Waals surface area contributed by atoms with E-state index in [0.717, 1.165) is 17.1 Å². The summed E-state index contributed by atoms with van der Waals surface area (Å²) in [5, 5.41) is 12.0. The van der Waals surface area contributed by atoms with Gasteiger partial charge in [-0.25, -0.2) is 0 Å². The Labute approximate surface area is 170 Å². The summed E-state index contributed by atoms with van der Waals surface area (Å²) in [6, 6.07) is 18.4. The Morgan fingerprint density at radius 1 is 1.04 bits per heavy atom. The zero-order valence-corrected chi connectivity index (χ0v) is 17.7. The zero-order chi connectivity index (χ0) is 20.3. The van der Waals surface area contributed by atoms with Crippen LogP contribution in [0, 0.1) is 0 Å². The fourth-order valence-electron chi connectivity index (χ4n) is 2.88. The molecule has 3 aromatic rings. The summed E-state index contributed by atoms with van der Waals surface area (Å²) in [5.41, 5.74) is 3.32. The lowest BCUT2D eigenvalue weighted by Crippen LogP contribution is -2.27. The van der Waals surface area contributed by atoms with Gasteiger partial charge in [-0.05, 0) is 30.0 Å². The highest BCUT2D eigenvalue weighted by atomic mass is 32.2. The Morgan fingerprint density at radius 2 is 1.68 bits per heavy atom. The van der Waals surface area contributed by atoms with Crippen LogP contribution in [-0.4, -0.2) is 33.0 Å². The SMILES string of the molecule is CNC(=O)C(C)Sc1nnc(-c2ccc(C(C)(C)C)cc2)n1-c1ccccc1. The van der Waals surface area contributed by atoms with Crippen molar-refractivity contribution >= 4 is 17.7 Å². The predicted octanol–water partition coefficient (Wildman–Crippen LogP) is 4.46. The number of aromatic nitrogens is 3. The maximum atomic E-state index is 12.0. The normalized spacial score (nSPS) is 12.6. The van der Waals surface area contributed by atoms with E-state index in [-0.39, 0.29) is 16.6 Å². The molecule has 0 saturated carbocycles. The van der Waals surface area contributed by atoms with Crippen LogP contribution in [0.4, 0.5) is 0 Å². The highest BCUT2D eigenvalue weighted by Crippen LogP contribution is 2.31. The molecule has 3 rings (SSSR count). The molecule has 0 aliphatic carbocycles. The first kappa shape index (κ1) is 20.1.